The highest BCUT2D eigenvalue weighted by Gasteiger charge is 2.18. The van der Waals surface area contributed by atoms with Gasteiger partial charge in [0.15, 0.2) is 6.10 Å². The molecule has 2 aromatic rings. The zero-order valence-electron chi connectivity index (χ0n) is 13.9. The molecule has 7 heteroatoms. The average molecular weight is 342 g/mol. The minimum atomic E-state index is -0.979. The number of nitrogens with zero attached hydrogens (tertiary/aromatic N) is 1. The number of rotatable bonds is 6. The first-order valence-electron chi connectivity index (χ1n) is 7.65. The molecule has 0 heterocycles. The third kappa shape index (κ3) is 5.42. The van der Waals surface area contributed by atoms with Crippen LogP contribution < -0.4 is 5.32 Å². The number of nitro benzene ring substituents is 1. The third-order valence-corrected chi connectivity index (χ3v) is 3.49. The van der Waals surface area contributed by atoms with Gasteiger partial charge in [-0.25, -0.2) is 0 Å². The third-order valence-electron chi connectivity index (χ3n) is 3.49. The number of hydrogen-bond acceptors (Lipinski definition) is 5. The van der Waals surface area contributed by atoms with E-state index >= 15 is 0 Å². The summed E-state index contributed by atoms with van der Waals surface area (Å²) >= 11 is 0. The summed E-state index contributed by atoms with van der Waals surface area (Å²) in [6.07, 6.45) is -0.900. The van der Waals surface area contributed by atoms with Crippen LogP contribution in [0.15, 0.2) is 48.5 Å². The number of amides is 1. The number of carbonyl (C=O) groups excluding carboxylic acids is 2. The van der Waals surface area contributed by atoms with Crippen LogP contribution in [0.2, 0.25) is 0 Å². The Kier molecular flexibility index (Phi) is 5.84. The lowest BCUT2D eigenvalue weighted by atomic mass is 10.1. The number of carbonyl (C=O) groups is 2. The summed E-state index contributed by atoms with van der Waals surface area (Å²) in [5.41, 5.74) is 2.21. The lowest BCUT2D eigenvalue weighted by molar-refractivity contribution is -0.384. The van der Waals surface area contributed by atoms with Crippen LogP contribution >= 0.6 is 0 Å². The van der Waals surface area contributed by atoms with E-state index in [1.807, 2.05) is 31.2 Å². The van der Waals surface area contributed by atoms with Crippen molar-refractivity contribution in [1.82, 2.24) is 0 Å². The maximum atomic E-state index is 12.0. The van der Waals surface area contributed by atoms with Gasteiger partial charge in [0.05, 0.1) is 11.3 Å². The van der Waals surface area contributed by atoms with Gasteiger partial charge in [-0.1, -0.05) is 29.8 Å². The quantitative estimate of drug-likeness (QED) is 0.494. The van der Waals surface area contributed by atoms with Gasteiger partial charge in [0, 0.05) is 17.8 Å². The van der Waals surface area contributed by atoms with Crippen molar-refractivity contribution in [3.8, 4) is 0 Å². The summed E-state index contributed by atoms with van der Waals surface area (Å²) in [5.74, 6) is -1.01. The molecule has 0 aromatic heterocycles. The van der Waals surface area contributed by atoms with Gasteiger partial charge < -0.3 is 10.1 Å². The Morgan fingerprint density at radius 1 is 1.12 bits per heavy atom. The molecule has 1 N–H and O–H groups in total. The second-order valence-electron chi connectivity index (χ2n) is 5.59. The summed E-state index contributed by atoms with van der Waals surface area (Å²) in [4.78, 5) is 34.0. The van der Waals surface area contributed by atoms with E-state index in [9.17, 15) is 19.7 Å². The molecule has 0 radical (unpaired) electrons. The molecule has 0 spiro atoms. The molecule has 0 aliphatic carbocycles. The van der Waals surface area contributed by atoms with Gasteiger partial charge in [0.1, 0.15) is 0 Å². The first kappa shape index (κ1) is 18.1. The highest BCUT2D eigenvalue weighted by Crippen LogP contribution is 2.16. The van der Waals surface area contributed by atoms with Crippen molar-refractivity contribution < 1.29 is 19.2 Å². The van der Waals surface area contributed by atoms with E-state index in [1.165, 1.54) is 31.2 Å². The van der Waals surface area contributed by atoms with Crippen LogP contribution in [0.3, 0.4) is 0 Å². The fourth-order valence-electron chi connectivity index (χ4n) is 2.08. The predicted molar refractivity (Wildman–Crippen MR) is 92.2 cm³/mol. The molecule has 0 bridgehead atoms. The van der Waals surface area contributed by atoms with Gasteiger partial charge in [-0.15, -0.1) is 0 Å². The Balaban J connectivity index is 1.87. The maximum Gasteiger partial charge on any atom is 0.311 e. The standard InChI is InChI=1S/C18H18N2O5/c1-12-3-5-14(6-4-12)11-17(21)25-13(2)18(22)19-15-7-9-16(10-8-15)20(23)24/h3-10,13H,11H2,1-2H3,(H,19,22). The molecular formula is C18H18N2O5. The zero-order chi connectivity index (χ0) is 18.4. The molecule has 2 aromatic carbocycles. The monoisotopic (exact) mass is 342 g/mol. The number of hydrogen-bond donors (Lipinski definition) is 1. The summed E-state index contributed by atoms with van der Waals surface area (Å²) in [7, 11) is 0. The van der Waals surface area contributed by atoms with Crippen molar-refractivity contribution in [2.24, 2.45) is 0 Å². The van der Waals surface area contributed by atoms with Crippen LogP contribution in [-0.2, 0) is 20.7 Å². The predicted octanol–water partition coefficient (Wildman–Crippen LogP) is 3.02. The van der Waals surface area contributed by atoms with E-state index in [2.05, 4.69) is 5.32 Å². The summed E-state index contributed by atoms with van der Waals surface area (Å²) in [6.45, 7) is 3.42. The van der Waals surface area contributed by atoms with Crippen molar-refractivity contribution >= 4 is 23.3 Å². The zero-order valence-corrected chi connectivity index (χ0v) is 13.9. The van der Waals surface area contributed by atoms with Crippen LogP contribution in [0.25, 0.3) is 0 Å². The molecule has 1 atom stereocenters. The Morgan fingerprint density at radius 2 is 1.72 bits per heavy atom. The molecule has 7 nitrogen and oxygen atoms in total. The molecule has 0 saturated carbocycles. The van der Waals surface area contributed by atoms with Crippen LogP contribution in [-0.4, -0.2) is 22.9 Å². The van der Waals surface area contributed by atoms with E-state index in [-0.39, 0.29) is 12.1 Å². The van der Waals surface area contributed by atoms with E-state index in [1.54, 1.807) is 0 Å². The number of nitro groups is 1. The van der Waals surface area contributed by atoms with Crippen molar-refractivity contribution in [2.45, 2.75) is 26.4 Å². The van der Waals surface area contributed by atoms with E-state index in [4.69, 9.17) is 4.74 Å². The second-order valence-corrected chi connectivity index (χ2v) is 5.59. The number of nitrogens with one attached hydrogen (secondary N) is 1. The van der Waals surface area contributed by atoms with Gasteiger partial charge >= 0.3 is 5.97 Å². The van der Waals surface area contributed by atoms with Gasteiger partial charge in [-0.3, -0.25) is 19.7 Å². The topological polar surface area (TPSA) is 98.5 Å². The van der Waals surface area contributed by atoms with E-state index in [0.717, 1.165) is 11.1 Å². The van der Waals surface area contributed by atoms with Crippen LogP contribution in [0, 0.1) is 17.0 Å². The minimum Gasteiger partial charge on any atom is -0.452 e. The van der Waals surface area contributed by atoms with Crippen molar-refractivity contribution in [1.29, 1.82) is 0 Å². The molecular weight excluding hydrogens is 324 g/mol. The highest BCUT2D eigenvalue weighted by atomic mass is 16.6. The Hall–Kier alpha value is -3.22. The van der Waals surface area contributed by atoms with E-state index < -0.39 is 22.9 Å². The molecule has 0 saturated heterocycles. The first-order chi connectivity index (χ1) is 11.8. The number of esters is 1. The smallest absolute Gasteiger partial charge is 0.311 e. The highest BCUT2D eigenvalue weighted by molar-refractivity contribution is 5.95. The van der Waals surface area contributed by atoms with Gasteiger partial charge in [0.2, 0.25) is 0 Å². The molecule has 2 rings (SSSR count). The number of benzene rings is 2. The van der Waals surface area contributed by atoms with Crippen LogP contribution in [0.5, 0.6) is 0 Å². The fourth-order valence-corrected chi connectivity index (χ4v) is 2.08. The van der Waals surface area contributed by atoms with Crippen molar-refractivity contribution in [3.05, 3.63) is 69.8 Å². The number of anilines is 1. The van der Waals surface area contributed by atoms with Gasteiger partial charge in [-0.05, 0) is 31.5 Å². The van der Waals surface area contributed by atoms with Crippen molar-refractivity contribution in [2.75, 3.05) is 5.32 Å². The largest absolute Gasteiger partial charge is 0.452 e. The summed E-state index contributed by atoms with van der Waals surface area (Å²) < 4.78 is 5.12. The SMILES string of the molecule is Cc1ccc(CC(=O)OC(C)C(=O)Nc2ccc([N+](=O)[O-])cc2)cc1. The number of non-ortho nitro benzene ring substituents is 1. The number of aryl methyl sites for hydroxylation is 1. The van der Waals surface area contributed by atoms with Gasteiger partial charge in [0.25, 0.3) is 11.6 Å². The van der Waals surface area contributed by atoms with Crippen molar-refractivity contribution in [3.63, 3.8) is 0 Å². The Morgan fingerprint density at radius 3 is 2.28 bits per heavy atom. The summed E-state index contributed by atoms with van der Waals surface area (Å²) in [5, 5.41) is 13.1. The average Bonchev–Trinajstić information content (AvgIpc) is 2.57. The molecule has 130 valence electrons. The van der Waals surface area contributed by atoms with E-state index in [0.29, 0.717) is 5.69 Å². The number of ether oxygens (including phenoxy) is 1. The lowest BCUT2D eigenvalue weighted by Crippen LogP contribution is -2.30. The van der Waals surface area contributed by atoms with Gasteiger partial charge in [-0.2, -0.15) is 0 Å². The molecule has 0 aliphatic heterocycles. The Labute approximate surface area is 144 Å². The summed E-state index contributed by atoms with van der Waals surface area (Å²) in [6, 6.07) is 12.8. The normalized spacial score (nSPS) is 11.4. The molecule has 25 heavy (non-hydrogen) atoms. The maximum absolute atomic E-state index is 12.0. The fraction of sp³-hybridized carbons (Fsp3) is 0.222. The molecule has 1 amide bonds. The molecule has 0 aliphatic rings. The molecule has 1 unspecified atom stereocenters. The second kappa shape index (κ2) is 8.05. The Bertz CT molecular complexity index is 769. The minimum absolute atomic E-state index is 0.0735. The van der Waals surface area contributed by atoms with Crippen LogP contribution in [0.1, 0.15) is 18.1 Å². The molecule has 0 fully saturated rings. The first-order valence-corrected chi connectivity index (χ1v) is 7.65. The lowest BCUT2D eigenvalue weighted by Gasteiger charge is -2.13. The van der Waals surface area contributed by atoms with Crippen LogP contribution in [0.4, 0.5) is 11.4 Å².